The summed E-state index contributed by atoms with van der Waals surface area (Å²) in [5.41, 5.74) is 0. The fraction of sp³-hybridized carbons (Fsp3) is 0.947. The molecule has 17 nitrogen and oxygen atoms in total. The standard InChI is InChI=1S/C75H146O17P2/c1-7-9-11-13-15-17-19-21-23-24-26-28-33-41-47-53-59-74(79)91-70(63-85-72(77)57-51-45-39-32-27-25-22-20-18-16-14-12-10-8-2)65-89-93(81,82)87-61-69(76)62-88-94(83,84)90-66-71(64-86-73(78)58-52-46-40-36-35-38-44-50-56-68(5)6)92-75(80)60-54-48-42-34-30-29-31-37-43-49-55-67(3)4/h67-71,76H,7-66H2,1-6H3,(H,81,82)(H,83,84)/t69-,70-,71-/m1/s1. The van der Waals surface area contributed by atoms with Crippen molar-refractivity contribution in [1.29, 1.82) is 0 Å². The maximum absolute atomic E-state index is 13.1. The van der Waals surface area contributed by atoms with E-state index in [1.165, 1.54) is 205 Å². The number of carbonyl (C=O) groups is 4. The van der Waals surface area contributed by atoms with E-state index < -0.39 is 97.5 Å². The Labute approximate surface area is 575 Å². The molecule has 0 aromatic heterocycles. The van der Waals surface area contributed by atoms with Crippen molar-refractivity contribution in [3.8, 4) is 0 Å². The van der Waals surface area contributed by atoms with Gasteiger partial charge in [0.1, 0.15) is 19.3 Å². The van der Waals surface area contributed by atoms with E-state index in [4.69, 9.17) is 37.0 Å². The van der Waals surface area contributed by atoms with Crippen molar-refractivity contribution in [1.82, 2.24) is 0 Å². The molecule has 0 fully saturated rings. The molecule has 94 heavy (non-hydrogen) atoms. The second-order valence-electron chi connectivity index (χ2n) is 28.0. The van der Waals surface area contributed by atoms with Crippen LogP contribution in [0.2, 0.25) is 0 Å². The third-order valence-electron chi connectivity index (χ3n) is 17.5. The first-order chi connectivity index (χ1) is 45.4. The van der Waals surface area contributed by atoms with Gasteiger partial charge in [-0.2, -0.15) is 0 Å². The Morgan fingerprint density at radius 1 is 0.287 bits per heavy atom. The number of unbranched alkanes of at least 4 members (excludes halogenated alkanes) is 44. The van der Waals surface area contributed by atoms with E-state index in [0.29, 0.717) is 25.7 Å². The second kappa shape index (κ2) is 66.9. The summed E-state index contributed by atoms with van der Waals surface area (Å²) >= 11 is 0. The minimum Gasteiger partial charge on any atom is -0.462 e. The maximum Gasteiger partial charge on any atom is 0.472 e. The molecular formula is C75H146O17P2. The fourth-order valence-corrected chi connectivity index (χ4v) is 13.1. The highest BCUT2D eigenvalue weighted by molar-refractivity contribution is 7.47. The highest BCUT2D eigenvalue weighted by Crippen LogP contribution is 2.45. The van der Waals surface area contributed by atoms with Gasteiger partial charge in [0.15, 0.2) is 12.2 Å². The van der Waals surface area contributed by atoms with E-state index in [-0.39, 0.29) is 25.7 Å². The van der Waals surface area contributed by atoms with Gasteiger partial charge in [-0.3, -0.25) is 37.3 Å². The first-order valence-corrected chi connectivity index (χ1v) is 42.0. The van der Waals surface area contributed by atoms with Crippen LogP contribution < -0.4 is 0 Å². The van der Waals surface area contributed by atoms with Crippen molar-refractivity contribution in [2.24, 2.45) is 11.8 Å². The van der Waals surface area contributed by atoms with Crippen molar-refractivity contribution < 1.29 is 80.2 Å². The number of hydrogen-bond donors (Lipinski definition) is 3. The lowest BCUT2D eigenvalue weighted by atomic mass is 10.0. The van der Waals surface area contributed by atoms with E-state index in [1.807, 2.05) is 0 Å². The van der Waals surface area contributed by atoms with E-state index in [0.717, 1.165) is 102 Å². The molecule has 0 aromatic carbocycles. The lowest BCUT2D eigenvalue weighted by molar-refractivity contribution is -0.161. The topological polar surface area (TPSA) is 237 Å². The van der Waals surface area contributed by atoms with Gasteiger partial charge in [0, 0.05) is 25.7 Å². The van der Waals surface area contributed by atoms with Crippen LogP contribution in [0.15, 0.2) is 0 Å². The maximum atomic E-state index is 13.1. The van der Waals surface area contributed by atoms with E-state index >= 15 is 0 Å². The van der Waals surface area contributed by atoms with Gasteiger partial charge >= 0.3 is 39.5 Å². The number of phosphoric ester groups is 2. The number of hydrogen-bond acceptors (Lipinski definition) is 15. The van der Waals surface area contributed by atoms with Crippen LogP contribution in [0.25, 0.3) is 0 Å². The molecule has 0 saturated carbocycles. The number of esters is 4. The van der Waals surface area contributed by atoms with Crippen LogP contribution in [0.4, 0.5) is 0 Å². The molecule has 0 aliphatic rings. The Morgan fingerprint density at radius 2 is 0.489 bits per heavy atom. The second-order valence-corrected chi connectivity index (χ2v) is 30.9. The lowest BCUT2D eigenvalue weighted by Gasteiger charge is -2.21. The summed E-state index contributed by atoms with van der Waals surface area (Å²) in [6.45, 7) is 9.55. The average molecular weight is 1380 g/mol. The summed E-state index contributed by atoms with van der Waals surface area (Å²) in [7, 11) is -9.91. The van der Waals surface area contributed by atoms with Gasteiger partial charge < -0.3 is 33.8 Å². The number of aliphatic hydroxyl groups excluding tert-OH is 1. The molecule has 0 aliphatic carbocycles. The molecule has 0 aliphatic heterocycles. The number of rotatable bonds is 74. The lowest BCUT2D eigenvalue weighted by Crippen LogP contribution is -2.30. The smallest absolute Gasteiger partial charge is 0.462 e. The highest BCUT2D eigenvalue weighted by Gasteiger charge is 2.30. The van der Waals surface area contributed by atoms with Crippen LogP contribution in [0.5, 0.6) is 0 Å². The summed E-state index contributed by atoms with van der Waals surface area (Å²) in [5.74, 6) is -0.637. The van der Waals surface area contributed by atoms with Gasteiger partial charge in [0.05, 0.1) is 26.4 Å². The van der Waals surface area contributed by atoms with Crippen molar-refractivity contribution in [2.45, 2.75) is 407 Å². The van der Waals surface area contributed by atoms with Gasteiger partial charge in [-0.25, -0.2) is 9.13 Å². The number of carbonyl (C=O) groups excluding carboxylic acids is 4. The summed E-state index contributed by atoms with van der Waals surface area (Å²) in [6, 6.07) is 0. The van der Waals surface area contributed by atoms with Gasteiger partial charge in [-0.05, 0) is 37.5 Å². The molecule has 0 radical (unpaired) electrons. The zero-order chi connectivity index (χ0) is 69.3. The molecule has 5 atom stereocenters. The molecule has 0 aromatic rings. The Bertz CT molecular complexity index is 1820. The zero-order valence-corrected chi connectivity index (χ0v) is 63.1. The largest absolute Gasteiger partial charge is 0.472 e. The van der Waals surface area contributed by atoms with Crippen molar-refractivity contribution in [3.05, 3.63) is 0 Å². The Morgan fingerprint density at radius 3 is 0.723 bits per heavy atom. The minimum atomic E-state index is -4.96. The molecule has 0 spiro atoms. The Balaban J connectivity index is 5.26. The third-order valence-corrected chi connectivity index (χ3v) is 19.4. The number of phosphoric acid groups is 2. The fourth-order valence-electron chi connectivity index (χ4n) is 11.5. The molecule has 3 N–H and O–H groups in total. The summed E-state index contributed by atoms with van der Waals surface area (Å²) in [6.07, 6.45) is 54.0. The van der Waals surface area contributed by atoms with Crippen LogP contribution in [0.3, 0.4) is 0 Å². The molecule has 558 valence electrons. The number of ether oxygens (including phenoxy) is 4. The third kappa shape index (κ3) is 68.6. The van der Waals surface area contributed by atoms with Crippen molar-refractivity contribution in [2.75, 3.05) is 39.6 Å². The molecule has 0 rings (SSSR count). The molecule has 0 bridgehead atoms. The average Bonchev–Trinajstić information content (AvgIpc) is 2.97. The molecule has 0 saturated heterocycles. The molecular weight excluding hydrogens is 1230 g/mol. The first-order valence-electron chi connectivity index (χ1n) is 39.0. The van der Waals surface area contributed by atoms with Crippen LogP contribution in [-0.4, -0.2) is 96.7 Å². The van der Waals surface area contributed by atoms with Crippen LogP contribution in [-0.2, 0) is 65.4 Å². The summed E-state index contributed by atoms with van der Waals surface area (Å²) in [5, 5.41) is 10.6. The Hall–Kier alpha value is -1.94. The van der Waals surface area contributed by atoms with Crippen molar-refractivity contribution >= 4 is 39.5 Å². The molecule has 0 heterocycles. The van der Waals surface area contributed by atoms with E-state index in [2.05, 4.69) is 41.5 Å². The molecule has 2 unspecified atom stereocenters. The number of aliphatic hydroxyl groups is 1. The van der Waals surface area contributed by atoms with E-state index in [1.54, 1.807) is 0 Å². The van der Waals surface area contributed by atoms with Crippen LogP contribution in [0, 0.1) is 11.8 Å². The quantitative estimate of drug-likeness (QED) is 0.0222. The highest BCUT2D eigenvalue weighted by atomic mass is 31.2. The predicted molar refractivity (Wildman–Crippen MR) is 381 cm³/mol. The van der Waals surface area contributed by atoms with Crippen molar-refractivity contribution in [3.63, 3.8) is 0 Å². The Kier molecular flexibility index (Phi) is 65.5. The van der Waals surface area contributed by atoms with Gasteiger partial charge in [0.2, 0.25) is 0 Å². The molecule has 0 amide bonds. The van der Waals surface area contributed by atoms with Crippen LogP contribution in [0.1, 0.15) is 388 Å². The monoisotopic (exact) mass is 1380 g/mol. The molecule has 19 heteroatoms. The minimum absolute atomic E-state index is 0.106. The SMILES string of the molecule is CCCCCCCCCCCCCCCCCCC(=O)O[C@H](COC(=O)CCCCCCCCCCCCCCCC)COP(=O)(O)OC[C@@H](O)COP(=O)(O)OC[C@@H](COC(=O)CCCCCCCCCCC(C)C)OC(=O)CCCCCCCCCCCCC(C)C. The van der Waals surface area contributed by atoms with Gasteiger partial charge in [-0.1, -0.05) is 337 Å². The van der Waals surface area contributed by atoms with Crippen LogP contribution >= 0.6 is 15.6 Å². The van der Waals surface area contributed by atoms with Gasteiger partial charge in [0.25, 0.3) is 0 Å². The summed E-state index contributed by atoms with van der Waals surface area (Å²) in [4.78, 5) is 72.8. The normalized spacial score (nSPS) is 14.0. The van der Waals surface area contributed by atoms with E-state index in [9.17, 15) is 43.2 Å². The first kappa shape index (κ1) is 92.1. The summed E-state index contributed by atoms with van der Waals surface area (Å²) < 4.78 is 68.5. The van der Waals surface area contributed by atoms with Gasteiger partial charge in [-0.15, -0.1) is 0 Å². The zero-order valence-electron chi connectivity index (χ0n) is 61.3. The predicted octanol–water partition coefficient (Wildman–Crippen LogP) is 21.9.